The number of ketones is 1. The molecule has 0 fully saturated rings. The summed E-state index contributed by atoms with van der Waals surface area (Å²) in [5.41, 5.74) is 3.73. The van der Waals surface area contributed by atoms with Crippen molar-refractivity contribution in [2.24, 2.45) is 0 Å². The summed E-state index contributed by atoms with van der Waals surface area (Å²) in [6.45, 7) is 1.44. The molecule has 188 valence electrons. The number of pyridine rings is 2. The van der Waals surface area contributed by atoms with E-state index in [0.29, 0.717) is 41.9 Å². The molecule has 2 aliphatic rings. The molecule has 0 aliphatic carbocycles. The van der Waals surface area contributed by atoms with Crippen LogP contribution in [-0.4, -0.2) is 36.7 Å². The summed E-state index contributed by atoms with van der Waals surface area (Å²) in [6.07, 6.45) is 14.2. The molecule has 0 radical (unpaired) electrons. The van der Waals surface area contributed by atoms with Crippen LogP contribution in [0.15, 0.2) is 49.1 Å². The van der Waals surface area contributed by atoms with Gasteiger partial charge in [-0.25, -0.2) is 9.97 Å². The Morgan fingerprint density at radius 2 is 1.14 bits per heavy atom. The van der Waals surface area contributed by atoms with Crippen molar-refractivity contribution < 1.29 is 14.4 Å². The number of aryl methyl sites for hydroxylation is 2. The van der Waals surface area contributed by atoms with E-state index in [9.17, 15) is 14.4 Å². The lowest BCUT2D eigenvalue weighted by molar-refractivity contribution is -0.123. The minimum atomic E-state index is -0.399. The van der Waals surface area contributed by atoms with E-state index >= 15 is 0 Å². The minimum absolute atomic E-state index is 0.329. The summed E-state index contributed by atoms with van der Waals surface area (Å²) in [6, 6.07) is 7.60. The largest absolute Gasteiger partial charge is 0.332 e. The van der Waals surface area contributed by atoms with Crippen LogP contribution in [-0.2, 0) is 27.5 Å². The zero-order valence-corrected chi connectivity index (χ0v) is 20.7. The van der Waals surface area contributed by atoms with Crippen LogP contribution in [0.2, 0.25) is 0 Å². The highest BCUT2D eigenvalue weighted by Gasteiger charge is 2.35. The third kappa shape index (κ3) is 4.26. The molecule has 4 bridgehead atoms. The topological polar surface area (TPSA) is 98.9 Å². The van der Waals surface area contributed by atoms with Gasteiger partial charge in [0.1, 0.15) is 17.1 Å². The highest BCUT2D eigenvalue weighted by molar-refractivity contribution is 6.50. The van der Waals surface area contributed by atoms with Gasteiger partial charge in [0, 0.05) is 72.6 Å². The van der Waals surface area contributed by atoms with Gasteiger partial charge < -0.3 is 9.13 Å². The van der Waals surface area contributed by atoms with Crippen LogP contribution >= 0.6 is 0 Å². The van der Waals surface area contributed by atoms with Crippen LogP contribution in [0.1, 0.15) is 62.5 Å². The minimum Gasteiger partial charge on any atom is -0.332 e. The van der Waals surface area contributed by atoms with Gasteiger partial charge in [0.2, 0.25) is 0 Å². The number of Topliss-reactive ketones (excluding diaryl/α,β-unsaturated/α-hetero) is 1. The number of nitrogens with zero attached hydrogens (tertiary/aromatic N) is 4. The highest BCUT2D eigenvalue weighted by atomic mass is 16.2. The van der Waals surface area contributed by atoms with E-state index in [1.807, 2.05) is 41.2 Å². The van der Waals surface area contributed by atoms with Crippen LogP contribution in [0.25, 0.3) is 33.2 Å². The van der Waals surface area contributed by atoms with Crippen LogP contribution in [0, 0.1) is 0 Å². The first-order chi connectivity index (χ1) is 18.1. The Kier molecular flexibility index (Phi) is 6.16. The average molecular weight is 496 g/mol. The fraction of sp³-hybridized carbons (Fsp3) is 0.345. The summed E-state index contributed by atoms with van der Waals surface area (Å²) in [4.78, 5) is 48.0. The van der Waals surface area contributed by atoms with Crippen molar-refractivity contribution >= 4 is 50.8 Å². The van der Waals surface area contributed by atoms with E-state index in [4.69, 9.17) is 0 Å². The number of fused-ring (bicyclic) bond motifs is 12. The van der Waals surface area contributed by atoms with Gasteiger partial charge in [-0.1, -0.05) is 12.8 Å². The van der Waals surface area contributed by atoms with Gasteiger partial charge in [-0.2, -0.15) is 0 Å². The van der Waals surface area contributed by atoms with Crippen LogP contribution in [0.5, 0.6) is 0 Å². The fourth-order valence-electron chi connectivity index (χ4n) is 5.64. The first kappa shape index (κ1) is 23.3. The van der Waals surface area contributed by atoms with Gasteiger partial charge in [0.25, 0.3) is 11.8 Å². The third-order valence-electron chi connectivity index (χ3n) is 7.45. The number of amides is 2. The summed E-state index contributed by atoms with van der Waals surface area (Å²) < 4.78 is 4.12. The molecule has 0 aromatic carbocycles. The average Bonchev–Trinajstić information content (AvgIpc) is 3.54. The third-order valence-corrected chi connectivity index (χ3v) is 7.45. The predicted molar refractivity (Wildman–Crippen MR) is 141 cm³/mol. The number of nitrogens with one attached hydrogen (secondary N) is 1. The summed E-state index contributed by atoms with van der Waals surface area (Å²) >= 11 is 0. The van der Waals surface area contributed by atoms with Crippen LogP contribution in [0.4, 0.5) is 0 Å². The molecule has 0 spiro atoms. The van der Waals surface area contributed by atoms with Crippen LogP contribution < -0.4 is 5.32 Å². The number of hydrogen-bond donors (Lipinski definition) is 1. The monoisotopic (exact) mass is 495 g/mol. The second-order valence-corrected chi connectivity index (χ2v) is 9.91. The molecule has 0 atom stereocenters. The molecule has 0 saturated carbocycles. The van der Waals surface area contributed by atoms with Crippen LogP contribution in [0.3, 0.4) is 0 Å². The molecular weight excluding hydrogens is 466 g/mol. The lowest BCUT2D eigenvalue weighted by atomic mass is 9.96. The smallest absolute Gasteiger partial charge is 0.259 e. The van der Waals surface area contributed by atoms with Gasteiger partial charge in [0.15, 0.2) is 0 Å². The van der Waals surface area contributed by atoms with E-state index in [0.717, 1.165) is 72.7 Å². The van der Waals surface area contributed by atoms with E-state index in [1.165, 1.54) is 0 Å². The highest BCUT2D eigenvalue weighted by Crippen LogP contribution is 2.38. The van der Waals surface area contributed by atoms with Crippen molar-refractivity contribution in [3.8, 4) is 0 Å². The second kappa shape index (κ2) is 9.76. The number of rotatable bonds is 0. The SMILES string of the molecule is O=C1CCCCCCn2cc(c3cccnc32)C2=C(C(=O)NC2=O)c2cn(c3ncccc23)CCCC1. The van der Waals surface area contributed by atoms with Crippen molar-refractivity contribution in [1.82, 2.24) is 24.4 Å². The number of carbonyl (C=O) groups is 3. The molecule has 2 amide bonds. The van der Waals surface area contributed by atoms with Crippen molar-refractivity contribution in [3.05, 3.63) is 60.2 Å². The number of carbonyl (C=O) groups excluding carboxylic acids is 3. The summed E-state index contributed by atoms with van der Waals surface area (Å²) in [7, 11) is 0. The Morgan fingerprint density at radius 3 is 1.70 bits per heavy atom. The molecule has 6 rings (SSSR count). The quantitative estimate of drug-likeness (QED) is 0.358. The maximum atomic E-state index is 13.2. The molecule has 0 unspecified atom stereocenters. The lowest BCUT2D eigenvalue weighted by Crippen LogP contribution is -2.22. The summed E-state index contributed by atoms with van der Waals surface area (Å²) in [5.74, 6) is -0.462. The molecule has 4 aromatic rings. The molecule has 8 nitrogen and oxygen atoms in total. The summed E-state index contributed by atoms with van der Waals surface area (Å²) in [5, 5.41) is 4.21. The Labute approximate surface area is 214 Å². The zero-order chi connectivity index (χ0) is 25.4. The first-order valence-corrected chi connectivity index (χ1v) is 13.1. The van der Waals surface area contributed by atoms with E-state index in [-0.39, 0.29) is 0 Å². The van der Waals surface area contributed by atoms with Crippen molar-refractivity contribution in [2.45, 2.75) is 64.5 Å². The molecule has 1 N–H and O–H groups in total. The Hall–Kier alpha value is -4.07. The molecule has 4 aromatic heterocycles. The van der Waals surface area contributed by atoms with E-state index in [2.05, 4.69) is 19.9 Å². The van der Waals surface area contributed by atoms with Gasteiger partial charge in [-0.3, -0.25) is 19.7 Å². The van der Waals surface area contributed by atoms with Gasteiger partial charge >= 0.3 is 0 Å². The molecule has 37 heavy (non-hydrogen) atoms. The first-order valence-electron chi connectivity index (χ1n) is 13.1. The molecule has 8 heteroatoms. The van der Waals surface area contributed by atoms with Crippen molar-refractivity contribution in [3.63, 3.8) is 0 Å². The van der Waals surface area contributed by atoms with Gasteiger partial charge in [-0.15, -0.1) is 0 Å². The molecule has 6 heterocycles. The van der Waals surface area contributed by atoms with Crippen molar-refractivity contribution in [2.75, 3.05) is 0 Å². The van der Waals surface area contributed by atoms with Crippen molar-refractivity contribution in [1.29, 1.82) is 0 Å². The predicted octanol–water partition coefficient (Wildman–Crippen LogP) is 4.66. The second-order valence-electron chi connectivity index (χ2n) is 9.91. The normalized spacial score (nSPS) is 18.0. The maximum absolute atomic E-state index is 13.2. The Bertz CT molecular complexity index is 1570. The Morgan fingerprint density at radius 1 is 0.649 bits per heavy atom. The Balaban J connectivity index is 1.54. The van der Waals surface area contributed by atoms with E-state index in [1.54, 1.807) is 12.4 Å². The number of aromatic nitrogens is 4. The molecule has 0 saturated heterocycles. The maximum Gasteiger partial charge on any atom is 0.259 e. The van der Waals surface area contributed by atoms with Gasteiger partial charge in [-0.05, 0) is 49.9 Å². The number of hydrogen-bond acceptors (Lipinski definition) is 5. The number of imide groups is 1. The van der Waals surface area contributed by atoms with E-state index < -0.39 is 11.8 Å². The molecular formula is C29H29N5O3. The standard InChI is InChI=1S/C29H29N5O3/c35-19-9-3-1-2-5-15-33-17-22(20-11-7-13-30-26(20)33)24-25(29(37)32-28(24)36)23-18-34(16-6-4-10-19)27-21(23)12-8-14-31-27/h7-8,11-14,17-18H,1-6,9-10,15-16H2,(H,32,36,37). The molecule has 2 aliphatic heterocycles. The fourth-order valence-corrected chi connectivity index (χ4v) is 5.64. The lowest BCUT2D eigenvalue weighted by Gasteiger charge is -2.06. The zero-order valence-electron chi connectivity index (χ0n) is 20.7. The van der Waals surface area contributed by atoms with Gasteiger partial charge in [0.05, 0.1) is 11.1 Å².